The highest BCUT2D eigenvalue weighted by Crippen LogP contribution is 2.19. The van der Waals surface area contributed by atoms with Crippen LogP contribution in [0.15, 0.2) is 23.1 Å². The second-order valence-electron chi connectivity index (χ2n) is 4.38. The Bertz CT molecular complexity index is 556. The van der Waals surface area contributed by atoms with Gasteiger partial charge >= 0.3 is 6.18 Å². The second kappa shape index (κ2) is 6.55. The smallest absolute Gasteiger partial charge is 0.316 e. The van der Waals surface area contributed by atoms with Crippen LogP contribution in [-0.2, 0) is 16.6 Å². The van der Waals surface area contributed by atoms with Crippen molar-refractivity contribution in [2.75, 3.05) is 13.6 Å². The van der Waals surface area contributed by atoms with E-state index in [-0.39, 0.29) is 4.90 Å². The fraction of sp³-hybridized carbons (Fsp3) is 0.500. The highest BCUT2D eigenvalue weighted by molar-refractivity contribution is 7.89. The van der Waals surface area contributed by atoms with E-state index in [4.69, 9.17) is 0 Å². The van der Waals surface area contributed by atoms with E-state index in [1.807, 2.05) is 11.6 Å². The molecule has 0 aromatic heterocycles. The summed E-state index contributed by atoms with van der Waals surface area (Å²) in [6.45, 7) is 1.65. The number of aryl methyl sites for hydroxylation is 1. The lowest BCUT2D eigenvalue weighted by molar-refractivity contribution is -0.132. The molecule has 0 heterocycles. The Morgan fingerprint density at radius 3 is 2.45 bits per heavy atom. The first-order valence-corrected chi connectivity index (χ1v) is 7.44. The number of rotatable bonds is 6. The zero-order valence-corrected chi connectivity index (χ0v) is 12.0. The number of nitrogens with one attached hydrogen (secondary N) is 2. The zero-order valence-electron chi connectivity index (χ0n) is 11.2. The van der Waals surface area contributed by atoms with Gasteiger partial charge in [0.05, 0.1) is 11.3 Å². The normalized spacial score (nSPS) is 12.7. The maximum absolute atomic E-state index is 12.0. The average Bonchev–Trinajstić information content (AvgIpc) is 2.30. The largest absolute Gasteiger partial charge is 0.390 e. The molecule has 0 atom stereocenters. The van der Waals surface area contributed by atoms with Crippen molar-refractivity contribution in [3.63, 3.8) is 0 Å². The Kier molecular flexibility index (Phi) is 5.55. The van der Waals surface area contributed by atoms with Crippen molar-refractivity contribution in [3.8, 4) is 0 Å². The van der Waals surface area contributed by atoms with Gasteiger partial charge in [-0.1, -0.05) is 6.07 Å². The molecular weight excluding hydrogens is 293 g/mol. The van der Waals surface area contributed by atoms with Gasteiger partial charge in [-0.25, -0.2) is 13.1 Å². The summed E-state index contributed by atoms with van der Waals surface area (Å²) >= 11 is 0. The quantitative estimate of drug-likeness (QED) is 0.844. The van der Waals surface area contributed by atoms with Crippen LogP contribution in [0.2, 0.25) is 0 Å². The maximum Gasteiger partial charge on any atom is 0.390 e. The molecule has 8 heteroatoms. The molecule has 0 aliphatic rings. The second-order valence-corrected chi connectivity index (χ2v) is 6.15. The van der Waals surface area contributed by atoms with E-state index in [0.29, 0.717) is 6.54 Å². The summed E-state index contributed by atoms with van der Waals surface area (Å²) in [5.41, 5.74) is 1.69. The minimum Gasteiger partial charge on any atom is -0.316 e. The van der Waals surface area contributed by atoms with Crippen molar-refractivity contribution >= 4 is 10.0 Å². The molecule has 0 bridgehead atoms. The standard InChI is InChI=1S/C12H17F3N2O2S/c1-9-3-4-11(7-10(9)8-16-2)20(18,19)17-6-5-12(13,14)15/h3-4,7,16-17H,5-6,8H2,1-2H3. The maximum atomic E-state index is 12.0. The first kappa shape index (κ1) is 16.9. The van der Waals surface area contributed by atoms with Gasteiger partial charge < -0.3 is 5.32 Å². The lowest BCUT2D eigenvalue weighted by Gasteiger charge is -2.11. The molecule has 20 heavy (non-hydrogen) atoms. The van der Waals surface area contributed by atoms with Crippen molar-refractivity contribution in [3.05, 3.63) is 29.3 Å². The van der Waals surface area contributed by atoms with Gasteiger partial charge in [-0.2, -0.15) is 13.2 Å². The lowest BCUT2D eigenvalue weighted by Crippen LogP contribution is -2.28. The molecule has 0 saturated heterocycles. The molecular formula is C12H17F3N2O2S. The molecule has 1 aromatic carbocycles. The van der Waals surface area contributed by atoms with E-state index in [1.165, 1.54) is 12.1 Å². The molecule has 4 nitrogen and oxygen atoms in total. The molecule has 114 valence electrons. The van der Waals surface area contributed by atoms with Gasteiger partial charge in [0.1, 0.15) is 0 Å². The Morgan fingerprint density at radius 1 is 1.25 bits per heavy atom. The Hall–Kier alpha value is -1.12. The van der Waals surface area contributed by atoms with Crippen LogP contribution < -0.4 is 10.0 Å². The molecule has 2 N–H and O–H groups in total. The predicted octanol–water partition coefficient (Wildman–Crippen LogP) is 1.95. The van der Waals surface area contributed by atoms with Crippen LogP contribution in [0.1, 0.15) is 17.5 Å². The lowest BCUT2D eigenvalue weighted by atomic mass is 10.1. The van der Waals surface area contributed by atoms with Crippen LogP contribution in [0.3, 0.4) is 0 Å². The first-order chi connectivity index (χ1) is 9.15. The van der Waals surface area contributed by atoms with Gasteiger partial charge in [0.25, 0.3) is 0 Å². The molecule has 0 aliphatic carbocycles. The molecule has 0 unspecified atom stereocenters. The third-order valence-electron chi connectivity index (χ3n) is 2.70. The number of hydrogen-bond acceptors (Lipinski definition) is 3. The van der Waals surface area contributed by atoms with Crippen molar-refractivity contribution in [1.82, 2.24) is 10.0 Å². The molecule has 0 spiro atoms. The summed E-state index contributed by atoms with van der Waals surface area (Å²) in [6, 6.07) is 4.47. The topological polar surface area (TPSA) is 58.2 Å². The van der Waals surface area contributed by atoms with Crippen LogP contribution >= 0.6 is 0 Å². The highest BCUT2D eigenvalue weighted by Gasteiger charge is 2.27. The number of benzene rings is 1. The van der Waals surface area contributed by atoms with Gasteiger partial charge in [-0.3, -0.25) is 0 Å². The van der Waals surface area contributed by atoms with Gasteiger partial charge in [-0.05, 0) is 37.2 Å². The summed E-state index contributed by atoms with van der Waals surface area (Å²) in [4.78, 5) is -0.0319. The van der Waals surface area contributed by atoms with Crippen molar-refractivity contribution < 1.29 is 21.6 Å². The molecule has 0 saturated carbocycles. The number of hydrogen-bond donors (Lipinski definition) is 2. The minimum atomic E-state index is -4.38. The van der Waals surface area contributed by atoms with E-state index in [2.05, 4.69) is 5.32 Å². The van der Waals surface area contributed by atoms with E-state index < -0.39 is 29.2 Å². The third kappa shape index (κ3) is 5.10. The first-order valence-electron chi connectivity index (χ1n) is 5.96. The monoisotopic (exact) mass is 310 g/mol. The van der Waals surface area contributed by atoms with E-state index in [1.54, 1.807) is 13.1 Å². The van der Waals surface area contributed by atoms with Gasteiger partial charge in [-0.15, -0.1) is 0 Å². The molecule has 1 rings (SSSR count). The average molecular weight is 310 g/mol. The zero-order chi connectivity index (χ0) is 15.4. The van der Waals surface area contributed by atoms with Crippen LogP contribution in [-0.4, -0.2) is 28.2 Å². The predicted molar refractivity (Wildman–Crippen MR) is 69.8 cm³/mol. The molecule has 0 amide bonds. The SMILES string of the molecule is CNCc1cc(S(=O)(=O)NCCC(F)(F)F)ccc1C. The summed E-state index contributed by atoms with van der Waals surface area (Å²) in [5.74, 6) is 0. The number of halogens is 3. The summed E-state index contributed by atoms with van der Waals surface area (Å²) < 4.78 is 61.7. The van der Waals surface area contributed by atoms with Crippen LogP contribution in [0, 0.1) is 6.92 Å². The van der Waals surface area contributed by atoms with Gasteiger partial charge in [0.15, 0.2) is 0 Å². The summed E-state index contributed by atoms with van der Waals surface area (Å²) in [5, 5.41) is 2.90. The minimum absolute atomic E-state index is 0.0319. The molecule has 1 aromatic rings. The van der Waals surface area contributed by atoms with Crippen molar-refractivity contribution in [2.45, 2.75) is 31.0 Å². The van der Waals surface area contributed by atoms with E-state index >= 15 is 0 Å². The van der Waals surface area contributed by atoms with Gasteiger partial charge in [0, 0.05) is 13.1 Å². The third-order valence-corrected chi connectivity index (χ3v) is 4.16. The van der Waals surface area contributed by atoms with Crippen LogP contribution in [0.25, 0.3) is 0 Å². The fourth-order valence-electron chi connectivity index (χ4n) is 1.61. The van der Waals surface area contributed by atoms with Gasteiger partial charge in [0.2, 0.25) is 10.0 Å². The van der Waals surface area contributed by atoms with Crippen LogP contribution in [0.5, 0.6) is 0 Å². The van der Waals surface area contributed by atoms with E-state index in [9.17, 15) is 21.6 Å². The van der Waals surface area contributed by atoms with E-state index in [0.717, 1.165) is 11.1 Å². The summed E-state index contributed by atoms with van der Waals surface area (Å²) in [6.07, 6.45) is -5.57. The Balaban J connectivity index is 2.84. The van der Waals surface area contributed by atoms with Crippen molar-refractivity contribution in [2.24, 2.45) is 0 Å². The fourth-order valence-corrected chi connectivity index (χ4v) is 2.69. The highest BCUT2D eigenvalue weighted by atomic mass is 32.2. The molecule has 0 fully saturated rings. The Morgan fingerprint density at radius 2 is 1.90 bits per heavy atom. The number of alkyl halides is 3. The summed E-state index contributed by atoms with van der Waals surface area (Å²) in [7, 11) is -2.19. The molecule has 0 aliphatic heterocycles. The number of sulfonamides is 1. The van der Waals surface area contributed by atoms with Crippen molar-refractivity contribution in [1.29, 1.82) is 0 Å². The Labute approximate surface area is 116 Å². The molecule has 0 radical (unpaired) electrons. The van der Waals surface area contributed by atoms with Crippen LogP contribution in [0.4, 0.5) is 13.2 Å².